The Kier molecular flexibility index (Phi) is 7.36. The van der Waals surface area contributed by atoms with Crippen LogP contribution in [0.3, 0.4) is 0 Å². The first-order valence-corrected chi connectivity index (χ1v) is 9.81. The summed E-state index contributed by atoms with van der Waals surface area (Å²) in [7, 11) is 0. The highest BCUT2D eigenvalue weighted by Gasteiger charge is 2.16. The Morgan fingerprint density at radius 1 is 1.15 bits per heavy atom. The maximum atomic E-state index is 11.8. The molecule has 0 bridgehead atoms. The minimum Gasteiger partial charge on any atom is -0.459 e. The van der Waals surface area contributed by atoms with Gasteiger partial charge in [0.05, 0.1) is 10.7 Å². The predicted octanol–water partition coefficient (Wildman–Crippen LogP) is 3.38. The lowest BCUT2D eigenvalue weighted by Crippen LogP contribution is -2.40. The van der Waals surface area contributed by atoms with Crippen LogP contribution in [0.5, 0.6) is 0 Å². The van der Waals surface area contributed by atoms with Crippen molar-refractivity contribution in [3.05, 3.63) is 51.5 Å². The van der Waals surface area contributed by atoms with Crippen molar-refractivity contribution in [2.24, 2.45) is 0 Å². The molecule has 0 saturated heterocycles. The smallest absolute Gasteiger partial charge is 0.325 e. The molecule has 0 radical (unpaired) electrons. The van der Waals surface area contributed by atoms with Crippen molar-refractivity contribution in [1.29, 1.82) is 0 Å². The topological polar surface area (TPSA) is 80.3 Å². The van der Waals surface area contributed by atoms with Gasteiger partial charge in [-0.3, -0.25) is 4.79 Å². The van der Waals surface area contributed by atoms with Crippen LogP contribution < -0.4 is 10.6 Å². The molecule has 2 rings (SSSR count). The summed E-state index contributed by atoms with van der Waals surface area (Å²) in [5.74, 6) is -0.461. The summed E-state index contributed by atoms with van der Waals surface area (Å²) in [5.41, 5.74) is 2.76. The van der Waals surface area contributed by atoms with Gasteiger partial charge in [-0.1, -0.05) is 24.3 Å². The first kappa shape index (κ1) is 20.9. The van der Waals surface area contributed by atoms with Crippen LogP contribution in [0.25, 0.3) is 0 Å². The Hall–Kier alpha value is -2.41. The van der Waals surface area contributed by atoms with Crippen LogP contribution in [0.1, 0.15) is 42.6 Å². The molecule has 0 saturated carbocycles. The Morgan fingerprint density at radius 2 is 1.89 bits per heavy atom. The van der Waals surface area contributed by atoms with E-state index in [1.165, 1.54) is 5.56 Å². The summed E-state index contributed by atoms with van der Waals surface area (Å²) in [4.78, 5) is 27.9. The largest absolute Gasteiger partial charge is 0.459 e. The Balaban J connectivity index is 1.75. The van der Waals surface area contributed by atoms with Crippen LogP contribution in [-0.2, 0) is 28.9 Å². The van der Waals surface area contributed by atoms with Gasteiger partial charge in [0.2, 0.25) is 0 Å². The third-order valence-electron chi connectivity index (χ3n) is 3.59. The second kappa shape index (κ2) is 9.50. The van der Waals surface area contributed by atoms with Crippen molar-refractivity contribution in [1.82, 2.24) is 15.6 Å². The lowest BCUT2D eigenvalue weighted by molar-refractivity contribution is -0.153. The molecule has 146 valence electrons. The van der Waals surface area contributed by atoms with Crippen LogP contribution in [0, 0.1) is 6.92 Å². The molecule has 0 fully saturated rings. The molecule has 1 aromatic carbocycles. The molecule has 1 aromatic heterocycles. The number of carbonyl (C=O) groups is 2. The van der Waals surface area contributed by atoms with Crippen molar-refractivity contribution in [3.63, 3.8) is 0 Å². The number of benzene rings is 1. The van der Waals surface area contributed by atoms with Gasteiger partial charge >= 0.3 is 12.0 Å². The quantitative estimate of drug-likeness (QED) is 0.712. The Morgan fingerprint density at radius 3 is 2.56 bits per heavy atom. The fraction of sp³-hybridized carbons (Fsp3) is 0.450. The number of thiazole rings is 1. The van der Waals surface area contributed by atoms with Crippen molar-refractivity contribution in [2.45, 2.75) is 52.7 Å². The van der Waals surface area contributed by atoms with Crippen LogP contribution in [0.15, 0.2) is 29.6 Å². The highest BCUT2D eigenvalue weighted by Crippen LogP contribution is 2.12. The monoisotopic (exact) mass is 389 g/mol. The van der Waals surface area contributed by atoms with Gasteiger partial charge in [0.25, 0.3) is 0 Å². The lowest BCUT2D eigenvalue weighted by atomic mass is 10.1. The summed E-state index contributed by atoms with van der Waals surface area (Å²) in [6.45, 7) is 7.60. The molecule has 6 nitrogen and oxygen atoms in total. The third kappa shape index (κ3) is 8.21. The van der Waals surface area contributed by atoms with Crippen LogP contribution in [-0.4, -0.2) is 29.1 Å². The molecular weight excluding hydrogens is 362 g/mol. The number of amides is 2. The van der Waals surface area contributed by atoms with E-state index in [1.807, 2.05) is 19.1 Å². The molecule has 1 heterocycles. The van der Waals surface area contributed by atoms with E-state index in [1.54, 1.807) is 32.1 Å². The Labute approximate surface area is 164 Å². The van der Waals surface area contributed by atoms with Crippen molar-refractivity contribution in [3.8, 4) is 0 Å². The van der Waals surface area contributed by atoms with Gasteiger partial charge < -0.3 is 15.4 Å². The molecule has 2 aromatic rings. The summed E-state index contributed by atoms with van der Waals surface area (Å²) in [6.07, 6.45) is 1.81. The van der Waals surface area contributed by atoms with E-state index >= 15 is 0 Å². The van der Waals surface area contributed by atoms with E-state index in [4.69, 9.17) is 4.74 Å². The molecule has 0 aliphatic heterocycles. The zero-order valence-corrected chi connectivity index (χ0v) is 17.1. The molecule has 0 aliphatic carbocycles. The highest BCUT2D eigenvalue weighted by atomic mass is 32.1. The molecule has 0 atom stereocenters. The average molecular weight is 390 g/mol. The van der Waals surface area contributed by atoms with E-state index in [0.29, 0.717) is 6.54 Å². The maximum Gasteiger partial charge on any atom is 0.325 e. The number of aromatic nitrogens is 1. The van der Waals surface area contributed by atoms with Gasteiger partial charge in [-0.15, -0.1) is 11.3 Å². The molecule has 0 spiro atoms. The molecule has 27 heavy (non-hydrogen) atoms. The fourth-order valence-electron chi connectivity index (χ4n) is 2.47. The van der Waals surface area contributed by atoms with Crippen molar-refractivity contribution in [2.75, 3.05) is 6.54 Å². The summed E-state index contributed by atoms with van der Waals surface area (Å²) in [5, 5.41) is 8.44. The van der Waals surface area contributed by atoms with Gasteiger partial charge in [0.1, 0.15) is 12.1 Å². The average Bonchev–Trinajstić information content (AvgIpc) is 3.01. The molecule has 0 unspecified atom stereocenters. The van der Waals surface area contributed by atoms with E-state index in [-0.39, 0.29) is 6.54 Å². The van der Waals surface area contributed by atoms with Crippen molar-refractivity contribution < 1.29 is 14.3 Å². The van der Waals surface area contributed by atoms with Crippen LogP contribution >= 0.6 is 11.3 Å². The maximum absolute atomic E-state index is 11.8. The number of urea groups is 1. The number of esters is 1. The zero-order valence-electron chi connectivity index (χ0n) is 16.3. The number of nitrogens with zero attached hydrogens (tertiary/aromatic N) is 1. The first-order valence-electron chi connectivity index (χ1n) is 8.93. The summed E-state index contributed by atoms with van der Waals surface area (Å²) in [6, 6.07) is 7.70. The molecule has 7 heteroatoms. The second-order valence-electron chi connectivity index (χ2n) is 7.30. The van der Waals surface area contributed by atoms with E-state index in [9.17, 15) is 9.59 Å². The zero-order chi connectivity index (χ0) is 19.9. The predicted molar refractivity (Wildman–Crippen MR) is 107 cm³/mol. The number of ether oxygens (including phenoxy) is 1. The number of carbonyl (C=O) groups excluding carboxylic acids is 2. The van der Waals surface area contributed by atoms with E-state index in [2.05, 4.69) is 33.1 Å². The second-order valence-corrected chi connectivity index (χ2v) is 8.36. The van der Waals surface area contributed by atoms with Gasteiger partial charge in [0, 0.05) is 11.9 Å². The number of nitrogens with one attached hydrogen (secondary N) is 2. The van der Waals surface area contributed by atoms with Crippen LogP contribution in [0.4, 0.5) is 4.79 Å². The van der Waals surface area contributed by atoms with Gasteiger partial charge in [0.15, 0.2) is 0 Å². The fourth-order valence-corrected chi connectivity index (χ4v) is 3.11. The van der Waals surface area contributed by atoms with Crippen LogP contribution in [0.2, 0.25) is 0 Å². The number of rotatable bonds is 7. The SMILES string of the molecule is Cc1nc(CCc2cccc(CNC(=O)NCC(=O)OC(C)(C)C)c2)cs1. The summed E-state index contributed by atoms with van der Waals surface area (Å²) >= 11 is 1.66. The first-order chi connectivity index (χ1) is 12.7. The number of aryl methyl sites for hydroxylation is 3. The highest BCUT2D eigenvalue weighted by molar-refractivity contribution is 7.09. The minimum atomic E-state index is -0.563. The molecule has 2 N–H and O–H groups in total. The molecule has 2 amide bonds. The van der Waals surface area contributed by atoms with E-state index in [0.717, 1.165) is 29.1 Å². The minimum absolute atomic E-state index is 0.157. The molecule has 0 aliphatic rings. The number of hydrogen-bond acceptors (Lipinski definition) is 5. The van der Waals surface area contributed by atoms with Gasteiger partial charge in [-0.2, -0.15) is 0 Å². The van der Waals surface area contributed by atoms with Crippen molar-refractivity contribution >= 4 is 23.3 Å². The van der Waals surface area contributed by atoms with E-state index < -0.39 is 17.6 Å². The molecular formula is C20H27N3O3S. The normalized spacial score (nSPS) is 11.1. The Bertz CT molecular complexity index is 781. The number of hydrogen-bond donors (Lipinski definition) is 2. The summed E-state index contributed by atoms with van der Waals surface area (Å²) < 4.78 is 5.15. The third-order valence-corrected chi connectivity index (χ3v) is 4.42. The van der Waals surface area contributed by atoms with Gasteiger partial charge in [-0.05, 0) is 51.7 Å². The van der Waals surface area contributed by atoms with Gasteiger partial charge in [-0.25, -0.2) is 9.78 Å². The lowest BCUT2D eigenvalue weighted by Gasteiger charge is -2.19. The standard InChI is InChI=1S/C20H27N3O3S/c1-14-23-17(13-27-14)9-8-15-6-5-7-16(10-15)11-21-19(25)22-12-18(24)26-20(2,3)4/h5-7,10,13H,8-9,11-12H2,1-4H3,(H2,21,22,25).